The van der Waals surface area contributed by atoms with Gasteiger partial charge in [-0.2, -0.15) is 5.10 Å². The Morgan fingerprint density at radius 1 is 1.38 bits per heavy atom. The van der Waals surface area contributed by atoms with Crippen LogP contribution in [0.4, 0.5) is 0 Å². The van der Waals surface area contributed by atoms with Gasteiger partial charge in [0.05, 0.1) is 16.9 Å². The molecule has 5 heteroatoms. The highest BCUT2D eigenvalue weighted by molar-refractivity contribution is 6.31. The summed E-state index contributed by atoms with van der Waals surface area (Å²) in [5, 5.41) is 4.93. The number of pyridine rings is 1. The van der Waals surface area contributed by atoms with Gasteiger partial charge in [-0.05, 0) is 19.9 Å². The second-order valence-corrected chi connectivity index (χ2v) is 4.05. The van der Waals surface area contributed by atoms with E-state index in [0.717, 1.165) is 22.8 Å². The summed E-state index contributed by atoms with van der Waals surface area (Å²) in [4.78, 5) is 4.43. The number of nitrogens with zero attached hydrogens (tertiary/aromatic N) is 3. The Labute approximate surface area is 99.1 Å². The van der Waals surface area contributed by atoms with Gasteiger partial charge >= 0.3 is 0 Å². The van der Waals surface area contributed by atoms with E-state index in [1.165, 1.54) is 0 Å². The Morgan fingerprint density at radius 2 is 2.12 bits per heavy atom. The summed E-state index contributed by atoms with van der Waals surface area (Å²) in [6.07, 6.45) is 1.75. The van der Waals surface area contributed by atoms with Gasteiger partial charge in [-0.1, -0.05) is 17.7 Å². The molecule has 0 fully saturated rings. The number of aryl methyl sites for hydroxylation is 2. The van der Waals surface area contributed by atoms with Crippen LogP contribution in [0.5, 0.6) is 0 Å². The molecule has 0 aliphatic rings. The summed E-state index contributed by atoms with van der Waals surface area (Å²) in [6, 6.07) is 3.90. The lowest BCUT2D eigenvalue weighted by Crippen LogP contribution is -2.08. The van der Waals surface area contributed by atoms with E-state index in [1.54, 1.807) is 10.9 Å². The molecule has 16 heavy (non-hydrogen) atoms. The Hall–Kier alpha value is -1.39. The lowest BCUT2D eigenvalue weighted by atomic mass is 10.2. The number of hydrogen-bond donors (Lipinski definition) is 1. The zero-order valence-electron chi connectivity index (χ0n) is 9.24. The van der Waals surface area contributed by atoms with Crippen molar-refractivity contribution < 1.29 is 0 Å². The van der Waals surface area contributed by atoms with Crippen LogP contribution >= 0.6 is 11.6 Å². The molecule has 0 bridgehead atoms. The van der Waals surface area contributed by atoms with Gasteiger partial charge in [0.1, 0.15) is 0 Å². The van der Waals surface area contributed by atoms with Crippen LogP contribution in [0.2, 0.25) is 5.02 Å². The zero-order valence-corrected chi connectivity index (χ0v) is 9.99. The van der Waals surface area contributed by atoms with Gasteiger partial charge in [-0.15, -0.1) is 0 Å². The molecule has 0 unspecified atom stereocenters. The minimum Gasteiger partial charge on any atom is -0.326 e. The van der Waals surface area contributed by atoms with Crippen LogP contribution in [0.15, 0.2) is 18.3 Å². The topological polar surface area (TPSA) is 56.7 Å². The van der Waals surface area contributed by atoms with Crippen molar-refractivity contribution in [1.82, 2.24) is 14.8 Å². The van der Waals surface area contributed by atoms with Gasteiger partial charge < -0.3 is 5.73 Å². The lowest BCUT2D eigenvalue weighted by Gasteiger charge is -2.07. The summed E-state index contributed by atoms with van der Waals surface area (Å²) in [6.45, 7) is 4.22. The van der Waals surface area contributed by atoms with Crippen molar-refractivity contribution in [2.24, 2.45) is 5.73 Å². The normalized spacial score (nSPS) is 10.8. The van der Waals surface area contributed by atoms with Crippen molar-refractivity contribution in [2.45, 2.75) is 20.4 Å². The molecule has 2 aromatic heterocycles. The zero-order chi connectivity index (χ0) is 11.7. The minimum atomic E-state index is 0.430. The van der Waals surface area contributed by atoms with Crippen LogP contribution in [-0.4, -0.2) is 14.8 Å². The maximum Gasteiger partial charge on any atom is 0.158 e. The summed E-state index contributed by atoms with van der Waals surface area (Å²) >= 11 is 5.97. The number of nitrogens with two attached hydrogens (primary N) is 1. The van der Waals surface area contributed by atoms with Crippen molar-refractivity contribution in [3.63, 3.8) is 0 Å². The predicted octanol–water partition coefficient (Wildman–Crippen LogP) is 2.00. The summed E-state index contributed by atoms with van der Waals surface area (Å²) in [5.41, 5.74) is 8.33. The molecule has 2 rings (SSSR count). The molecule has 0 aliphatic carbocycles. The van der Waals surface area contributed by atoms with Crippen LogP contribution in [0.3, 0.4) is 0 Å². The van der Waals surface area contributed by atoms with Crippen molar-refractivity contribution in [2.75, 3.05) is 0 Å². The monoisotopic (exact) mass is 236 g/mol. The Bertz CT molecular complexity index is 499. The first-order valence-corrected chi connectivity index (χ1v) is 5.38. The molecule has 2 N–H and O–H groups in total. The molecule has 2 aromatic rings. The second-order valence-electron chi connectivity index (χ2n) is 3.65. The molecule has 0 amide bonds. The first kappa shape index (κ1) is 11.1. The molecular weight excluding hydrogens is 224 g/mol. The van der Waals surface area contributed by atoms with Crippen LogP contribution in [0, 0.1) is 13.8 Å². The van der Waals surface area contributed by atoms with Gasteiger partial charge in [0.25, 0.3) is 0 Å². The Balaban J connectivity index is 2.57. The highest BCUT2D eigenvalue weighted by atomic mass is 35.5. The molecule has 0 atom stereocenters. The van der Waals surface area contributed by atoms with E-state index in [0.29, 0.717) is 11.6 Å². The molecule has 0 spiro atoms. The molecule has 0 aliphatic heterocycles. The number of aromatic nitrogens is 3. The largest absolute Gasteiger partial charge is 0.326 e. The average molecular weight is 237 g/mol. The van der Waals surface area contributed by atoms with E-state index < -0.39 is 0 Å². The van der Waals surface area contributed by atoms with Crippen molar-refractivity contribution in [1.29, 1.82) is 0 Å². The van der Waals surface area contributed by atoms with E-state index >= 15 is 0 Å². The highest BCUT2D eigenvalue weighted by Crippen LogP contribution is 2.17. The quantitative estimate of drug-likeness (QED) is 0.868. The van der Waals surface area contributed by atoms with Crippen LogP contribution in [-0.2, 0) is 6.54 Å². The fraction of sp³-hybridized carbons (Fsp3) is 0.273. The highest BCUT2D eigenvalue weighted by Gasteiger charge is 2.09. The molecular formula is C11H13ClN4. The van der Waals surface area contributed by atoms with Crippen LogP contribution in [0.25, 0.3) is 5.82 Å². The van der Waals surface area contributed by atoms with Crippen molar-refractivity contribution >= 4 is 11.6 Å². The SMILES string of the molecule is Cc1ccc(CN)c(-n2cc(Cl)c(C)n2)n1. The average Bonchev–Trinajstić information content (AvgIpc) is 2.59. The van der Waals surface area contributed by atoms with Crippen LogP contribution in [0.1, 0.15) is 17.0 Å². The fourth-order valence-corrected chi connectivity index (χ4v) is 1.61. The van der Waals surface area contributed by atoms with E-state index in [1.807, 2.05) is 26.0 Å². The maximum absolute atomic E-state index is 5.97. The molecule has 0 saturated carbocycles. The Kier molecular flexibility index (Phi) is 2.94. The molecule has 2 heterocycles. The smallest absolute Gasteiger partial charge is 0.158 e. The van der Waals surface area contributed by atoms with E-state index in [9.17, 15) is 0 Å². The van der Waals surface area contributed by atoms with Gasteiger partial charge in [0.15, 0.2) is 5.82 Å². The lowest BCUT2D eigenvalue weighted by molar-refractivity contribution is 0.806. The van der Waals surface area contributed by atoms with Gasteiger partial charge in [-0.25, -0.2) is 9.67 Å². The third kappa shape index (κ3) is 1.94. The van der Waals surface area contributed by atoms with E-state index in [2.05, 4.69) is 10.1 Å². The maximum atomic E-state index is 5.97. The molecule has 4 nitrogen and oxygen atoms in total. The van der Waals surface area contributed by atoms with Crippen molar-refractivity contribution in [3.8, 4) is 5.82 Å². The van der Waals surface area contributed by atoms with E-state index in [-0.39, 0.29) is 0 Å². The van der Waals surface area contributed by atoms with Crippen molar-refractivity contribution in [3.05, 3.63) is 40.3 Å². The summed E-state index contributed by atoms with van der Waals surface area (Å²) < 4.78 is 1.67. The van der Waals surface area contributed by atoms with Gasteiger partial charge in [0, 0.05) is 17.8 Å². The third-order valence-corrected chi connectivity index (χ3v) is 2.74. The number of rotatable bonds is 2. The third-order valence-electron chi connectivity index (χ3n) is 2.37. The molecule has 84 valence electrons. The number of halogens is 1. The minimum absolute atomic E-state index is 0.430. The van der Waals surface area contributed by atoms with Gasteiger partial charge in [-0.3, -0.25) is 0 Å². The first-order chi connectivity index (χ1) is 7.61. The number of hydrogen-bond acceptors (Lipinski definition) is 3. The van der Waals surface area contributed by atoms with Crippen LogP contribution < -0.4 is 5.73 Å². The van der Waals surface area contributed by atoms with E-state index in [4.69, 9.17) is 17.3 Å². The summed E-state index contributed by atoms with van der Waals surface area (Å²) in [5.74, 6) is 0.748. The molecule has 0 aromatic carbocycles. The Morgan fingerprint density at radius 3 is 2.69 bits per heavy atom. The molecule has 0 saturated heterocycles. The standard InChI is InChI=1S/C11H13ClN4/c1-7-3-4-9(5-13)11(14-7)16-6-10(12)8(2)15-16/h3-4,6H,5,13H2,1-2H3. The fourth-order valence-electron chi connectivity index (χ4n) is 1.48. The molecule has 0 radical (unpaired) electrons. The summed E-state index contributed by atoms with van der Waals surface area (Å²) in [7, 11) is 0. The second kappa shape index (κ2) is 4.23. The predicted molar refractivity (Wildman–Crippen MR) is 63.7 cm³/mol. The van der Waals surface area contributed by atoms with Gasteiger partial charge in [0.2, 0.25) is 0 Å². The first-order valence-electron chi connectivity index (χ1n) is 5.00.